The molecule has 2 aromatic rings. The zero-order valence-corrected chi connectivity index (χ0v) is 24.7. The molecule has 9 nitrogen and oxygen atoms in total. The fourth-order valence-corrected chi connectivity index (χ4v) is 5.36. The van der Waals surface area contributed by atoms with E-state index in [4.69, 9.17) is 20.0 Å². The second-order valence-corrected chi connectivity index (χ2v) is 11.7. The van der Waals surface area contributed by atoms with Crippen molar-refractivity contribution in [2.24, 2.45) is 0 Å². The van der Waals surface area contributed by atoms with Crippen molar-refractivity contribution in [2.75, 3.05) is 52.5 Å². The van der Waals surface area contributed by atoms with Gasteiger partial charge in [-0.3, -0.25) is 24.8 Å². The van der Waals surface area contributed by atoms with Crippen LogP contribution in [-0.2, 0) is 23.3 Å². The first-order valence-electron chi connectivity index (χ1n) is 14.2. The van der Waals surface area contributed by atoms with Gasteiger partial charge in [0.2, 0.25) is 0 Å². The first-order valence-corrected chi connectivity index (χ1v) is 14.2. The summed E-state index contributed by atoms with van der Waals surface area (Å²) >= 11 is 0. The van der Waals surface area contributed by atoms with E-state index in [1.165, 1.54) is 0 Å². The lowest BCUT2D eigenvalue weighted by Crippen LogP contribution is -2.47. The second kappa shape index (κ2) is 12.6. The molecular formula is C31H41FN4O5. The Hall–Kier alpha value is -3.50. The fourth-order valence-electron chi connectivity index (χ4n) is 5.36. The van der Waals surface area contributed by atoms with E-state index in [0.717, 1.165) is 24.2 Å². The Balaban J connectivity index is 1.53. The van der Waals surface area contributed by atoms with Gasteiger partial charge >= 0.3 is 5.97 Å². The van der Waals surface area contributed by atoms with Crippen LogP contribution in [0.3, 0.4) is 0 Å². The molecule has 2 aliphatic heterocycles. The summed E-state index contributed by atoms with van der Waals surface area (Å²) < 4.78 is 26.6. The van der Waals surface area contributed by atoms with Gasteiger partial charge in [0, 0.05) is 44.8 Å². The van der Waals surface area contributed by atoms with Crippen LogP contribution < -0.4 is 9.47 Å². The zero-order valence-electron chi connectivity index (χ0n) is 24.7. The number of fused-ring (bicyclic) bond motifs is 1. The summed E-state index contributed by atoms with van der Waals surface area (Å²) in [4.78, 5) is 30.5. The van der Waals surface area contributed by atoms with Gasteiger partial charge in [0.15, 0.2) is 23.1 Å². The summed E-state index contributed by atoms with van der Waals surface area (Å²) in [6.07, 6.45) is 0. The monoisotopic (exact) mass is 568 g/mol. The molecule has 0 atom stereocenters. The molecule has 1 fully saturated rings. The van der Waals surface area contributed by atoms with Crippen LogP contribution in [0.25, 0.3) is 0 Å². The molecule has 41 heavy (non-hydrogen) atoms. The number of rotatable bonds is 11. The molecule has 0 radical (unpaired) electrons. The Morgan fingerprint density at radius 2 is 1.63 bits per heavy atom. The molecule has 0 unspecified atom stereocenters. The van der Waals surface area contributed by atoms with Crippen molar-refractivity contribution in [3.05, 3.63) is 57.9 Å². The minimum absolute atomic E-state index is 0.00246. The van der Waals surface area contributed by atoms with Gasteiger partial charge in [-0.05, 0) is 54.2 Å². The third-order valence-corrected chi connectivity index (χ3v) is 7.52. The van der Waals surface area contributed by atoms with E-state index < -0.39 is 11.8 Å². The Bertz CT molecular complexity index is 1310. The largest absolute Gasteiger partial charge is 0.490 e. The molecule has 0 bridgehead atoms. The van der Waals surface area contributed by atoms with E-state index in [-0.39, 0.29) is 54.6 Å². The number of hydrogen-bond donors (Lipinski definition) is 2. The number of nitrogens with zero attached hydrogens (tertiary/aromatic N) is 3. The topological polar surface area (TPSA) is 106 Å². The number of benzene rings is 2. The summed E-state index contributed by atoms with van der Waals surface area (Å²) in [6, 6.07) is 7.67. The molecule has 0 amide bonds. The number of piperazine rings is 1. The SMILES string of the molecule is CCOc1cc2c(c(F)c1OCC)C(=N)N(CC(=O)c1cc(CN3CCN(CC(=O)O)CC3)cc(C(C)(C)C)c1)C2. The molecule has 0 aromatic heterocycles. The predicted molar refractivity (Wildman–Crippen MR) is 155 cm³/mol. The first kappa shape index (κ1) is 30.5. The molecule has 2 aliphatic rings. The number of ketones is 1. The predicted octanol–water partition coefficient (Wildman–Crippen LogP) is 4.15. The molecule has 0 saturated carbocycles. The Labute approximate surface area is 241 Å². The minimum atomic E-state index is -0.819. The number of carboxylic acids is 1. The third-order valence-electron chi connectivity index (χ3n) is 7.52. The fraction of sp³-hybridized carbons (Fsp3) is 0.516. The van der Waals surface area contributed by atoms with Gasteiger partial charge in [-0.25, -0.2) is 4.39 Å². The highest BCUT2D eigenvalue weighted by Gasteiger charge is 2.33. The highest BCUT2D eigenvalue weighted by molar-refractivity contribution is 6.06. The molecule has 2 N–H and O–H groups in total. The first-order chi connectivity index (χ1) is 19.4. The number of amidine groups is 1. The van der Waals surface area contributed by atoms with Gasteiger partial charge in [0.25, 0.3) is 0 Å². The number of ether oxygens (including phenoxy) is 2. The van der Waals surface area contributed by atoms with E-state index in [2.05, 4.69) is 31.7 Å². The lowest BCUT2D eigenvalue weighted by molar-refractivity contribution is -0.138. The maximum atomic E-state index is 15.5. The number of carbonyl (C=O) groups excluding carboxylic acids is 1. The smallest absolute Gasteiger partial charge is 0.317 e. The van der Waals surface area contributed by atoms with E-state index in [1.807, 2.05) is 24.0 Å². The Morgan fingerprint density at radius 1 is 0.976 bits per heavy atom. The summed E-state index contributed by atoms with van der Waals surface area (Å²) in [6.45, 7) is 14.2. The Kier molecular flexibility index (Phi) is 9.34. The van der Waals surface area contributed by atoms with E-state index in [1.54, 1.807) is 17.9 Å². The number of carboxylic acid groups (broad SMARTS) is 1. The van der Waals surface area contributed by atoms with Crippen LogP contribution in [0.5, 0.6) is 11.5 Å². The van der Waals surface area contributed by atoms with Crippen molar-refractivity contribution in [3.63, 3.8) is 0 Å². The lowest BCUT2D eigenvalue weighted by Gasteiger charge is -2.34. The third kappa shape index (κ3) is 7.05. The van der Waals surface area contributed by atoms with Crippen LogP contribution in [0, 0.1) is 11.2 Å². The van der Waals surface area contributed by atoms with Gasteiger partial charge < -0.3 is 19.5 Å². The van der Waals surface area contributed by atoms with Gasteiger partial charge in [-0.15, -0.1) is 0 Å². The molecule has 1 saturated heterocycles. The average molecular weight is 569 g/mol. The van der Waals surface area contributed by atoms with Gasteiger partial charge in [0.1, 0.15) is 5.84 Å². The lowest BCUT2D eigenvalue weighted by atomic mass is 9.84. The quantitative estimate of drug-likeness (QED) is 0.390. The normalized spacial score (nSPS) is 16.1. The zero-order chi connectivity index (χ0) is 29.9. The molecule has 4 rings (SSSR count). The van der Waals surface area contributed by atoms with Crippen molar-refractivity contribution < 1.29 is 28.6 Å². The molecule has 10 heteroatoms. The molecule has 0 aliphatic carbocycles. The van der Waals surface area contributed by atoms with Gasteiger partial charge in [0.05, 0.1) is 31.9 Å². The Morgan fingerprint density at radius 3 is 2.24 bits per heavy atom. The average Bonchev–Trinajstić information content (AvgIpc) is 3.21. The minimum Gasteiger partial charge on any atom is -0.490 e. The maximum Gasteiger partial charge on any atom is 0.317 e. The van der Waals surface area contributed by atoms with Crippen LogP contribution in [-0.4, -0.2) is 89.9 Å². The van der Waals surface area contributed by atoms with Crippen LogP contribution >= 0.6 is 0 Å². The second-order valence-electron chi connectivity index (χ2n) is 11.7. The number of aliphatic carboxylic acids is 1. The summed E-state index contributed by atoms with van der Waals surface area (Å²) in [7, 11) is 0. The number of Topliss-reactive ketones (excluding diaryl/α,β-unsaturated/α-hetero) is 1. The highest BCUT2D eigenvalue weighted by Crippen LogP contribution is 2.39. The van der Waals surface area contributed by atoms with Gasteiger partial charge in [-0.2, -0.15) is 0 Å². The van der Waals surface area contributed by atoms with Crippen LogP contribution in [0.4, 0.5) is 4.39 Å². The van der Waals surface area contributed by atoms with Crippen LogP contribution in [0.15, 0.2) is 24.3 Å². The van der Waals surface area contributed by atoms with Crippen molar-refractivity contribution in [1.82, 2.24) is 14.7 Å². The van der Waals surface area contributed by atoms with Crippen molar-refractivity contribution >= 4 is 17.6 Å². The van der Waals surface area contributed by atoms with Gasteiger partial charge in [-0.1, -0.05) is 26.8 Å². The van der Waals surface area contributed by atoms with Crippen molar-refractivity contribution in [1.29, 1.82) is 5.41 Å². The summed E-state index contributed by atoms with van der Waals surface area (Å²) in [5.41, 5.74) is 3.17. The highest BCUT2D eigenvalue weighted by atomic mass is 19.1. The number of carbonyl (C=O) groups is 2. The number of nitrogens with one attached hydrogen (secondary N) is 1. The molecular weight excluding hydrogens is 527 g/mol. The van der Waals surface area contributed by atoms with Crippen LogP contribution in [0.1, 0.15) is 67.2 Å². The standard InChI is InChI=1S/C31H41FN4O5/c1-6-40-25-15-22-17-36(30(33)27(22)28(32)29(25)41-7-2)18-24(37)21-12-20(13-23(14-21)31(3,4)5)16-34-8-10-35(11-9-34)19-26(38)39/h12-15,33H,6-11,16-19H2,1-5H3,(H,38,39). The molecule has 2 heterocycles. The van der Waals surface area contributed by atoms with E-state index in [9.17, 15) is 9.59 Å². The molecule has 222 valence electrons. The van der Waals surface area contributed by atoms with Crippen LogP contribution in [0.2, 0.25) is 0 Å². The molecule has 2 aromatic carbocycles. The maximum absolute atomic E-state index is 15.5. The molecule has 0 spiro atoms. The van der Waals surface area contributed by atoms with E-state index >= 15 is 4.39 Å². The number of hydrogen-bond acceptors (Lipinski definition) is 7. The summed E-state index contributed by atoms with van der Waals surface area (Å²) in [5.74, 6) is -1.33. The van der Waals surface area contributed by atoms with Crippen molar-refractivity contribution in [2.45, 2.75) is 53.1 Å². The van der Waals surface area contributed by atoms with Crippen molar-refractivity contribution in [3.8, 4) is 11.5 Å². The summed E-state index contributed by atoms with van der Waals surface area (Å²) in [5, 5.41) is 17.8. The van der Waals surface area contributed by atoms with E-state index in [0.29, 0.717) is 43.1 Å². The number of halogens is 1.